The number of carbonyl (C=O) groups is 2. The molecule has 0 aliphatic rings. The molecule has 0 atom stereocenters. The molecule has 0 aliphatic heterocycles. The molecule has 0 saturated carbocycles. The lowest BCUT2D eigenvalue weighted by molar-refractivity contribution is -0.132. The summed E-state index contributed by atoms with van der Waals surface area (Å²) in [6.45, 7) is 0. The molecule has 27 heavy (non-hydrogen) atoms. The van der Waals surface area contributed by atoms with Gasteiger partial charge in [-0.2, -0.15) is 5.26 Å². The van der Waals surface area contributed by atoms with E-state index in [0.717, 1.165) is 5.56 Å². The van der Waals surface area contributed by atoms with Gasteiger partial charge in [-0.05, 0) is 48.5 Å². The zero-order valence-corrected chi connectivity index (χ0v) is 14.0. The number of carboxylic acids is 1. The first-order valence-electron chi connectivity index (χ1n) is 7.98. The van der Waals surface area contributed by atoms with Gasteiger partial charge >= 0.3 is 5.97 Å². The van der Waals surface area contributed by atoms with E-state index in [9.17, 15) is 14.7 Å². The minimum absolute atomic E-state index is 0.278. The van der Waals surface area contributed by atoms with E-state index < -0.39 is 11.9 Å². The van der Waals surface area contributed by atoms with E-state index in [0.29, 0.717) is 16.9 Å². The van der Waals surface area contributed by atoms with Crippen LogP contribution in [0.2, 0.25) is 0 Å². The van der Waals surface area contributed by atoms with Gasteiger partial charge in [0, 0.05) is 17.2 Å². The number of aliphatic carboxylic acids is 1. The van der Waals surface area contributed by atoms with Crippen molar-refractivity contribution in [3.8, 4) is 17.4 Å². The van der Waals surface area contributed by atoms with Crippen LogP contribution in [0.1, 0.15) is 21.7 Å². The summed E-state index contributed by atoms with van der Waals surface area (Å²) in [5.74, 6) is -1.01. The van der Waals surface area contributed by atoms with Crippen LogP contribution in [0.3, 0.4) is 0 Å². The zero-order valence-electron chi connectivity index (χ0n) is 14.0. The van der Waals surface area contributed by atoms with Crippen molar-refractivity contribution in [1.29, 1.82) is 5.26 Å². The fourth-order valence-electron chi connectivity index (χ4n) is 2.37. The van der Waals surface area contributed by atoms with Crippen LogP contribution in [0.4, 0.5) is 0 Å². The second kappa shape index (κ2) is 7.85. The molecule has 0 spiro atoms. The van der Waals surface area contributed by atoms with Crippen LogP contribution >= 0.6 is 0 Å². The lowest BCUT2D eigenvalue weighted by Gasteiger charge is -2.05. The molecule has 0 radical (unpaired) electrons. The van der Waals surface area contributed by atoms with Crippen molar-refractivity contribution in [3.63, 3.8) is 0 Å². The predicted octanol–water partition coefficient (Wildman–Crippen LogP) is 3.67. The van der Waals surface area contributed by atoms with E-state index in [2.05, 4.69) is 5.32 Å². The van der Waals surface area contributed by atoms with E-state index in [-0.39, 0.29) is 11.5 Å². The Labute approximate surface area is 155 Å². The molecular formula is C21H14N2O4. The molecule has 1 amide bonds. The average molecular weight is 358 g/mol. The Hall–Kier alpha value is -4.11. The molecule has 0 aliphatic carbocycles. The molecule has 0 unspecified atom stereocenters. The smallest absolute Gasteiger partial charge is 0.352 e. The van der Waals surface area contributed by atoms with Gasteiger partial charge in [0.1, 0.15) is 17.2 Å². The van der Waals surface area contributed by atoms with Gasteiger partial charge in [-0.25, -0.2) is 4.79 Å². The third-order valence-corrected chi connectivity index (χ3v) is 3.73. The normalized spacial score (nSPS) is 10.9. The SMILES string of the molecule is N#Cc1ccc(-c2ccc(C=C(NC(=O)c3ccccc3)C(=O)O)o2)cc1. The highest BCUT2D eigenvalue weighted by Crippen LogP contribution is 2.23. The largest absolute Gasteiger partial charge is 0.477 e. The molecule has 2 aromatic carbocycles. The highest BCUT2D eigenvalue weighted by atomic mass is 16.4. The quantitative estimate of drug-likeness (QED) is 0.677. The Morgan fingerprint density at radius 3 is 2.33 bits per heavy atom. The number of carboxylic acid groups (broad SMARTS) is 1. The number of amides is 1. The van der Waals surface area contributed by atoms with Gasteiger partial charge < -0.3 is 14.8 Å². The highest BCUT2D eigenvalue weighted by Gasteiger charge is 2.14. The number of benzene rings is 2. The number of rotatable bonds is 5. The second-order valence-corrected chi connectivity index (χ2v) is 5.57. The third kappa shape index (κ3) is 4.30. The molecule has 3 rings (SSSR count). The summed E-state index contributed by atoms with van der Waals surface area (Å²) in [5.41, 5.74) is 1.33. The average Bonchev–Trinajstić information content (AvgIpc) is 3.16. The Morgan fingerprint density at radius 2 is 1.70 bits per heavy atom. The summed E-state index contributed by atoms with van der Waals surface area (Å²) >= 11 is 0. The number of nitrogens with one attached hydrogen (secondary N) is 1. The molecule has 0 bridgehead atoms. The number of furan rings is 1. The van der Waals surface area contributed by atoms with Crippen molar-refractivity contribution >= 4 is 18.0 Å². The fourth-order valence-corrected chi connectivity index (χ4v) is 2.37. The van der Waals surface area contributed by atoms with Crippen LogP contribution in [0.15, 0.2) is 76.8 Å². The maximum atomic E-state index is 12.2. The Kier molecular flexibility index (Phi) is 5.15. The first kappa shape index (κ1) is 17.7. The third-order valence-electron chi connectivity index (χ3n) is 3.73. The van der Waals surface area contributed by atoms with Crippen LogP contribution in [0, 0.1) is 11.3 Å². The first-order chi connectivity index (χ1) is 13.1. The van der Waals surface area contributed by atoms with Gasteiger partial charge in [0.2, 0.25) is 0 Å². The summed E-state index contributed by atoms with van der Waals surface area (Å²) in [4.78, 5) is 23.6. The van der Waals surface area contributed by atoms with Gasteiger partial charge in [0.15, 0.2) is 0 Å². The molecule has 0 fully saturated rings. The van der Waals surface area contributed by atoms with E-state index >= 15 is 0 Å². The molecular weight excluding hydrogens is 344 g/mol. The molecule has 6 nitrogen and oxygen atoms in total. The monoisotopic (exact) mass is 358 g/mol. The highest BCUT2D eigenvalue weighted by molar-refractivity contribution is 6.02. The minimum Gasteiger partial charge on any atom is -0.477 e. The lowest BCUT2D eigenvalue weighted by Crippen LogP contribution is -2.27. The molecule has 1 heterocycles. The summed E-state index contributed by atoms with van der Waals surface area (Å²) in [5, 5.41) is 20.6. The van der Waals surface area contributed by atoms with Gasteiger partial charge in [0.05, 0.1) is 11.6 Å². The number of nitriles is 1. The lowest BCUT2D eigenvalue weighted by atomic mass is 10.1. The van der Waals surface area contributed by atoms with Crippen molar-refractivity contribution in [2.45, 2.75) is 0 Å². The molecule has 6 heteroatoms. The Balaban J connectivity index is 1.82. The van der Waals surface area contributed by atoms with E-state index in [1.807, 2.05) is 6.07 Å². The maximum Gasteiger partial charge on any atom is 0.352 e. The van der Waals surface area contributed by atoms with Crippen LogP contribution in [-0.4, -0.2) is 17.0 Å². The van der Waals surface area contributed by atoms with Gasteiger partial charge in [-0.15, -0.1) is 0 Å². The van der Waals surface area contributed by atoms with Crippen LogP contribution in [0.5, 0.6) is 0 Å². The van der Waals surface area contributed by atoms with Crippen molar-refractivity contribution in [3.05, 3.63) is 89.3 Å². The summed E-state index contributed by atoms with van der Waals surface area (Å²) < 4.78 is 5.64. The Bertz CT molecular complexity index is 1040. The predicted molar refractivity (Wildman–Crippen MR) is 98.4 cm³/mol. The first-order valence-corrected chi connectivity index (χ1v) is 7.98. The van der Waals surface area contributed by atoms with Crippen molar-refractivity contribution in [2.75, 3.05) is 0 Å². The maximum absolute atomic E-state index is 12.2. The molecule has 132 valence electrons. The topological polar surface area (TPSA) is 103 Å². The molecule has 0 saturated heterocycles. The molecule has 2 N–H and O–H groups in total. The van der Waals surface area contributed by atoms with E-state index in [1.165, 1.54) is 6.08 Å². The number of carbonyl (C=O) groups excluding carboxylic acids is 1. The zero-order chi connectivity index (χ0) is 19.2. The van der Waals surface area contributed by atoms with Crippen molar-refractivity contribution in [2.24, 2.45) is 0 Å². The Morgan fingerprint density at radius 1 is 1.00 bits per heavy atom. The number of hydrogen-bond donors (Lipinski definition) is 2. The fraction of sp³-hybridized carbons (Fsp3) is 0. The van der Waals surface area contributed by atoms with E-state index in [1.54, 1.807) is 66.7 Å². The van der Waals surface area contributed by atoms with Crippen molar-refractivity contribution < 1.29 is 19.1 Å². The second-order valence-electron chi connectivity index (χ2n) is 5.57. The van der Waals surface area contributed by atoms with Crippen LogP contribution in [0.25, 0.3) is 17.4 Å². The van der Waals surface area contributed by atoms with Gasteiger partial charge in [0.25, 0.3) is 5.91 Å². The van der Waals surface area contributed by atoms with Crippen LogP contribution < -0.4 is 5.32 Å². The summed E-state index contributed by atoms with van der Waals surface area (Å²) in [7, 11) is 0. The van der Waals surface area contributed by atoms with Crippen LogP contribution in [-0.2, 0) is 4.79 Å². The van der Waals surface area contributed by atoms with Gasteiger partial charge in [-0.3, -0.25) is 4.79 Å². The summed E-state index contributed by atoms with van der Waals surface area (Å²) in [6, 6.07) is 20.4. The standard InChI is InChI=1S/C21H14N2O4/c22-13-14-6-8-15(9-7-14)19-11-10-17(27-19)12-18(21(25)26)23-20(24)16-4-2-1-3-5-16/h1-12H,(H,23,24)(H,25,26). The molecule has 1 aromatic heterocycles. The van der Waals surface area contributed by atoms with Crippen molar-refractivity contribution in [1.82, 2.24) is 5.32 Å². The molecule has 3 aromatic rings. The minimum atomic E-state index is -1.28. The van der Waals surface area contributed by atoms with E-state index in [4.69, 9.17) is 9.68 Å². The number of hydrogen-bond acceptors (Lipinski definition) is 4. The number of nitrogens with zero attached hydrogens (tertiary/aromatic N) is 1. The van der Waals surface area contributed by atoms with Gasteiger partial charge in [-0.1, -0.05) is 18.2 Å². The summed E-state index contributed by atoms with van der Waals surface area (Å²) in [6.07, 6.45) is 1.25.